The van der Waals surface area contributed by atoms with Gasteiger partial charge in [-0.3, -0.25) is 5.10 Å². The number of pyridine rings is 1. The molecule has 1 fully saturated rings. The molecule has 90 valence electrons. The molecular weight excluding hydrogens is 212 g/mol. The average Bonchev–Trinajstić information content (AvgIpc) is 2.66. The zero-order valence-electron chi connectivity index (χ0n) is 10.3. The van der Waals surface area contributed by atoms with Crippen LogP contribution in [0.15, 0.2) is 18.3 Å². The van der Waals surface area contributed by atoms with Crippen molar-refractivity contribution in [1.82, 2.24) is 20.1 Å². The van der Waals surface area contributed by atoms with E-state index in [1.807, 2.05) is 6.07 Å². The van der Waals surface area contributed by atoms with Gasteiger partial charge in [0.1, 0.15) is 0 Å². The fraction of sp³-hybridized carbons (Fsp3) is 0.538. The molecule has 1 saturated heterocycles. The van der Waals surface area contributed by atoms with Crippen LogP contribution in [0.3, 0.4) is 0 Å². The molecule has 0 spiro atoms. The van der Waals surface area contributed by atoms with Gasteiger partial charge in [0.15, 0.2) is 5.65 Å². The van der Waals surface area contributed by atoms with Crippen LogP contribution >= 0.6 is 0 Å². The fourth-order valence-corrected chi connectivity index (χ4v) is 2.60. The highest BCUT2D eigenvalue weighted by molar-refractivity contribution is 5.78. The van der Waals surface area contributed by atoms with Crippen LogP contribution in [-0.4, -0.2) is 39.7 Å². The SMILES string of the molecule is CC(C)CN1CC(c2[nH]nc3ncccc23)C1. The lowest BCUT2D eigenvalue weighted by atomic mass is 9.93. The average molecular weight is 230 g/mol. The number of H-pyrrole nitrogens is 1. The van der Waals surface area contributed by atoms with Crippen molar-refractivity contribution in [2.45, 2.75) is 19.8 Å². The number of hydrogen-bond acceptors (Lipinski definition) is 3. The lowest BCUT2D eigenvalue weighted by Gasteiger charge is -2.39. The van der Waals surface area contributed by atoms with E-state index in [0.717, 1.165) is 24.7 Å². The summed E-state index contributed by atoms with van der Waals surface area (Å²) >= 11 is 0. The molecule has 0 atom stereocenters. The van der Waals surface area contributed by atoms with E-state index in [1.165, 1.54) is 17.6 Å². The number of nitrogens with zero attached hydrogens (tertiary/aromatic N) is 3. The largest absolute Gasteiger partial charge is 0.302 e. The molecule has 1 aliphatic rings. The Kier molecular flexibility index (Phi) is 2.59. The van der Waals surface area contributed by atoms with E-state index < -0.39 is 0 Å². The Morgan fingerprint density at radius 2 is 2.29 bits per heavy atom. The van der Waals surface area contributed by atoms with Gasteiger partial charge in [0, 0.05) is 37.1 Å². The molecule has 1 aliphatic heterocycles. The van der Waals surface area contributed by atoms with E-state index in [4.69, 9.17) is 0 Å². The molecule has 0 saturated carbocycles. The van der Waals surface area contributed by atoms with Crippen molar-refractivity contribution in [3.05, 3.63) is 24.0 Å². The summed E-state index contributed by atoms with van der Waals surface area (Å²) in [6.07, 6.45) is 1.79. The molecule has 0 aliphatic carbocycles. The fourth-order valence-electron chi connectivity index (χ4n) is 2.60. The summed E-state index contributed by atoms with van der Waals surface area (Å²) < 4.78 is 0. The van der Waals surface area contributed by atoms with E-state index >= 15 is 0 Å². The van der Waals surface area contributed by atoms with Gasteiger partial charge in [0.05, 0.1) is 5.69 Å². The number of aromatic amines is 1. The van der Waals surface area contributed by atoms with Crippen molar-refractivity contribution in [2.24, 2.45) is 5.92 Å². The van der Waals surface area contributed by atoms with Crippen molar-refractivity contribution < 1.29 is 0 Å². The second kappa shape index (κ2) is 4.11. The van der Waals surface area contributed by atoms with Crippen molar-refractivity contribution in [3.8, 4) is 0 Å². The molecule has 2 aromatic heterocycles. The predicted octanol–water partition coefficient (Wildman–Crippen LogP) is 2.01. The van der Waals surface area contributed by atoms with Crippen LogP contribution in [0.1, 0.15) is 25.5 Å². The first-order chi connectivity index (χ1) is 8.24. The number of rotatable bonds is 3. The number of aromatic nitrogens is 3. The lowest BCUT2D eigenvalue weighted by molar-refractivity contribution is 0.129. The highest BCUT2D eigenvalue weighted by atomic mass is 15.2. The highest BCUT2D eigenvalue weighted by Crippen LogP contribution is 2.30. The molecule has 3 heterocycles. The molecule has 3 rings (SSSR count). The van der Waals surface area contributed by atoms with E-state index in [9.17, 15) is 0 Å². The van der Waals surface area contributed by atoms with Gasteiger partial charge in [-0.05, 0) is 18.1 Å². The minimum atomic E-state index is 0.600. The molecule has 0 radical (unpaired) electrons. The van der Waals surface area contributed by atoms with Crippen molar-refractivity contribution in [1.29, 1.82) is 0 Å². The first-order valence-electron chi connectivity index (χ1n) is 6.25. The Morgan fingerprint density at radius 3 is 3.06 bits per heavy atom. The molecule has 0 amide bonds. The zero-order chi connectivity index (χ0) is 11.8. The summed E-state index contributed by atoms with van der Waals surface area (Å²) in [4.78, 5) is 6.75. The molecule has 4 heteroatoms. The Hall–Kier alpha value is -1.42. The second-order valence-corrected chi connectivity index (χ2v) is 5.32. The summed E-state index contributed by atoms with van der Waals surface area (Å²) in [5.41, 5.74) is 2.10. The molecule has 0 aromatic carbocycles. The molecule has 0 bridgehead atoms. The Labute approximate surface area is 101 Å². The van der Waals surface area contributed by atoms with Crippen molar-refractivity contribution in [2.75, 3.05) is 19.6 Å². The molecule has 0 unspecified atom stereocenters. The minimum absolute atomic E-state index is 0.600. The smallest absolute Gasteiger partial charge is 0.181 e. The van der Waals surface area contributed by atoms with Crippen LogP contribution in [0.25, 0.3) is 11.0 Å². The van der Waals surface area contributed by atoms with Crippen molar-refractivity contribution >= 4 is 11.0 Å². The zero-order valence-corrected chi connectivity index (χ0v) is 10.3. The minimum Gasteiger partial charge on any atom is -0.302 e. The number of hydrogen-bond donors (Lipinski definition) is 1. The van der Waals surface area contributed by atoms with E-state index in [1.54, 1.807) is 6.20 Å². The number of fused-ring (bicyclic) bond motifs is 1. The molecule has 1 N–H and O–H groups in total. The normalized spacial score (nSPS) is 17.8. The van der Waals surface area contributed by atoms with Gasteiger partial charge >= 0.3 is 0 Å². The first kappa shape index (κ1) is 10.7. The standard InChI is InChI=1S/C13H18N4/c1-9(2)6-17-7-10(8-17)12-11-4-3-5-14-13(11)16-15-12/h3-5,9-10H,6-8H2,1-2H3,(H,14,15,16). The molecule has 2 aromatic rings. The van der Waals surface area contributed by atoms with E-state index in [-0.39, 0.29) is 0 Å². The van der Waals surface area contributed by atoms with Crippen LogP contribution in [0.4, 0.5) is 0 Å². The Balaban J connectivity index is 1.74. The molecule has 4 nitrogen and oxygen atoms in total. The van der Waals surface area contributed by atoms with E-state index in [2.05, 4.69) is 40.0 Å². The predicted molar refractivity (Wildman–Crippen MR) is 67.9 cm³/mol. The van der Waals surface area contributed by atoms with Crippen molar-refractivity contribution in [3.63, 3.8) is 0 Å². The Bertz CT molecular complexity index is 511. The van der Waals surface area contributed by atoms with Crippen LogP contribution in [0.5, 0.6) is 0 Å². The van der Waals surface area contributed by atoms with Gasteiger partial charge in [-0.15, -0.1) is 0 Å². The third kappa shape index (κ3) is 1.93. The first-order valence-corrected chi connectivity index (χ1v) is 6.25. The van der Waals surface area contributed by atoms with Gasteiger partial charge < -0.3 is 4.90 Å². The van der Waals surface area contributed by atoms with Gasteiger partial charge in [-0.25, -0.2) is 4.98 Å². The summed E-state index contributed by atoms with van der Waals surface area (Å²) in [7, 11) is 0. The highest BCUT2D eigenvalue weighted by Gasteiger charge is 2.30. The monoisotopic (exact) mass is 230 g/mol. The van der Waals surface area contributed by atoms with Gasteiger partial charge in [0.25, 0.3) is 0 Å². The van der Waals surface area contributed by atoms with Crippen LogP contribution in [0.2, 0.25) is 0 Å². The maximum absolute atomic E-state index is 4.25. The van der Waals surface area contributed by atoms with Gasteiger partial charge in [0.2, 0.25) is 0 Å². The third-order valence-corrected chi connectivity index (χ3v) is 3.35. The van der Waals surface area contributed by atoms with Gasteiger partial charge in [-0.1, -0.05) is 13.8 Å². The summed E-state index contributed by atoms with van der Waals surface area (Å²) in [6, 6.07) is 4.08. The summed E-state index contributed by atoms with van der Waals surface area (Å²) in [5, 5.41) is 8.59. The topological polar surface area (TPSA) is 44.8 Å². The van der Waals surface area contributed by atoms with Crippen LogP contribution in [0, 0.1) is 5.92 Å². The van der Waals surface area contributed by atoms with Crippen LogP contribution < -0.4 is 0 Å². The quantitative estimate of drug-likeness (QED) is 0.877. The molecule has 17 heavy (non-hydrogen) atoms. The van der Waals surface area contributed by atoms with Gasteiger partial charge in [-0.2, -0.15) is 5.10 Å². The lowest BCUT2D eigenvalue weighted by Crippen LogP contribution is -2.46. The second-order valence-electron chi connectivity index (χ2n) is 5.32. The maximum Gasteiger partial charge on any atom is 0.181 e. The summed E-state index contributed by atoms with van der Waals surface area (Å²) in [6.45, 7) is 8.02. The van der Waals surface area contributed by atoms with E-state index in [0.29, 0.717) is 5.92 Å². The van der Waals surface area contributed by atoms with Crippen LogP contribution in [-0.2, 0) is 0 Å². The summed E-state index contributed by atoms with van der Waals surface area (Å²) in [5.74, 6) is 1.35. The number of likely N-dealkylation sites (tertiary alicyclic amines) is 1. The molecular formula is C13H18N4. The third-order valence-electron chi connectivity index (χ3n) is 3.35. The maximum atomic E-state index is 4.25. The Morgan fingerprint density at radius 1 is 1.47 bits per heavy atom. The number of nitrogens with one attached hydrogen (secondary N) is 1.